The summed E-state index contributed by atoms with van der Waals surface area (Å²) in [6, 6.07) is 1.28. The zero-order valence-corrected chi connectivity index (χ0v) is 11.7. The number of hydrogen-bond donors (Lipinski definition) is 1. The predicted octanol–water partition coefficient (Wildman–Crippen LogP) is 2.60. The van der Waals surface area contributed by atoms with Crippen LogP contribution in [0.25, 0.3) is 0 Å². The monoisotopic (exact) mass is 214 g/mol. The fourth-order valence-electron chi connectivity index (χ4n) is 1.64. The average Bonchev–Trinajstić information content (AvgIpc) is 2.14. The summed E-state index contributed by atoms with van der Waals surface area (Å²) in [6.07, 6.45) is 0. The second kappa shape index (κ2) is 7.24. The van der Waals surface area contributed by atoms with Crippen molar-refractivity contribution in [3.63, 3.8) is 0 Å². The zero-order valence-electron chi connectivity index (χ0n) is 11.7. The molecule has 0 bridgehead atoms. The minimum atomic E-state index is 0.632. The van der Waals surface area contributed by atoms with Crippen molar-refractivity contribution in [2.24, 2.45) is 11.8 Å². The third kappa shape index (κ3) is 6.16. The summed E-state index contributed by atoms with van der Waals surface area (Å²) in [7, 11) is 2.22. The van der Waals surface area contributed by atoms with Crippen LogP contribution in [-0.4, -0.2) is 37.1 Å². The second-order valence-corrected chi connectivity index (χ2v) is 5.53. The Kier molecular flexibility index (Phi) is 7.20. The number of hydrogen-bond acceptors (Lipinski definition) is 2. The highest BCUT2D eigenvalue weighted by molar-refractivity contribution is 4.74. The van der Waals surface area contributed by atoms with Crippen LogP contribution < -0.4 is 5.32 Å². The third-order valence-corrected chi connectivity index (χ3v) is 3.30. The van der Waals surface area contributed by atoms with Gasteiger partial charge in [0, 0.05) is 12.1 Å². The van der Waals surface area contributed by atoms with Crippen molar-refractivity contribution in [2.45, 2.75) is 53.6 Å². The lowest BCUT2D eigenvalue weighted by atomic mass is 10.0. The summed E-state index contributed by atoms with van der Waals surface area (Å²) < 4.78 is 0. The minimum absolute atomic E-state index is 0.632. The smallest absolute Gasteiger partial charge is 0.0104 e. The van der Waals surface area contributed by atoms with Crippen LogP contribution in [0, 0.1) is 11.8 Å². The summed E-state index contributed by atoms with van der Waals surface area (Å²) in [6.45, 7) is 15.9. The van der Waals surface area contributed by atoms with Crippen molar-refractivity contribution in [2.75, 3.05) is 20.1 Å². The Morgan fingerprint density at radius 2 is 1.47 bits per heavy atom. The van der Waals surface area contributed by atoms with E-state index in [9.17, 15) is 0 Å². The van der Waals surface area contributed by atoms with E-state index in [0.29, 0.717) is 18.0 Å². The lowest BCUT2D eigenvalue weighted by molar-refractivity contribution is 0.158. The summed E-state index contributed by atoms with van der Waals surface area (Å²) in [5, 5.41) is 3.53. The van der Waals surface area contributed by atoms with Crippen LogP contribution in [0.4, 0.5) is 0 Å². The molecular formula is C13H30N2. The van der Waals surface area contributed by atoms with Crippen molar-refractivity contribution in [1.29, 1.82) is 0 Å². The van der Waals surface area contributed by atoms with Gasteiger partial charge in [-0.05, 0) is 52.7 Å². The number of nitrogens with zero attached hydrogens (tertiary/aromatic N) is 1. The molecule has 0 aromatic carbocycles. The van der Waals surface area contributed by atoms with Gasteiger partial charge >= 0.3 is 0 Å². The van der Waals surface area contributed by atoms with Gasteiger partial charge in [0.1, 0.15) is 0 Å². The summed E-state index contributed by atoms with van der Waals surface area (Å²) in [5.41, 5.74) is 0. The third-order valence-electron chi connectivity index (χ3n) is 3.30. The van der Waals surface area contributed by atoms with E-state index in [0.717, 1.165) is 19.0 Å². The van der Waals surface area contributed by atoms with Gasteiger partial charge in [0.25, 0.3) is 0 Å². The van der Waals surface area contributed by atoms with Gasteiger partial charge in [-0.2, -0.15) is 0 Å². The lowest BCUT2D eigenvalue weighted by Gasteiger charge is -2.33. The fraction of sp³-hybridized carbons (Fsp3) is 1.00. The topological polar surface area (TPSA) is 15.3 Å². The maximum Gasteiger partial charge on any atom is 0.0104 e. The molecule has 0 rings (SSSR count). The van der Waals surface area contributed by atoms with E-state index in [4.69, 9.17) is 0 Å². The molecule has 0 aromatic heterocycles. The molecule has 0 amide bonds. The van der Waals surface area contributed by atoms with Gasteiger partial charge in [0.05, 0.1) is 0 Å². The Balaban J connectivity index is 3.83. The highest BCUT2D eigenvalue weighted by Crippen LogP contribution is 2.11. The molecule has 1 N–H and O–H groups in total. The highest BCUT2D eigenvalue weighted by Gasteiger charge is 2.18. The first-order chi connectivity index (χ1) is 6.86. The van der Waals surface area contributed by atoms with Gasteiger partial charge in [-0.25, -0.2) is 0 Å². The molecule has 15 heavy (non-hydrogen) atoms. The quantitative estimate of drug-likeness (QED) is 0.701. The molecule has 0 fully saturated rings. The molecule has 2 nitrogen and oxygen atoms in total. The molecule has 0 aliphatic carbocycles. The van der Waals surface area contributed by atoms with Crippen LogP contribution in [0.1, 0.15) is 41.5 Å². The van der Waals surface area contributed by atoms with Gasteiger partial charge in [0.2, 0.25) is 0 Å². The van der Waals surface area contributed by atoms with Crippen LogP contribution in [0.3, 0.4) is 0 Å². The summed E-state index contributed by atoms with van der Waals surface area (Å²) in [5.74, 6) is 1.45. The van der Waals surface area contributed by atoms with Gasteiger partial charge in [-0.3, -0.25) is 0 Å². The highest BCUT2D eigenvalue weighted by atomic mass is 15.2. The maximum absolute atomic E-state index is 3.53. The van der Waals surface area contributed by atoms with Crippen LogP contribution in [0.15, 0.2) is 0 Å². The fourth-order valence-corrected chi connectivity index (χ4v) is 1.64. The van der Waals surface area contributed by atoms with Crippen molar-refractivity contribution >= 4 is 0 Å². The van der Waals surface area contributed by atoms with E-state index < -0.39 is 0 Å². The lowest BCUT2D eigenvalue weighted by Crippen LogP contribution is -2.42. The second-order valence-electron chi connectivity index (χ2n) is 5.53. The van der Waals surface area contributed by atoms with Crippen LogP contribution in [0.5, 0.6) is 0 Å². The molecule has 0 aromatic rings. The van der Waals surface area contributed by atoms with Crippen molar-refractivity contribution in [3.05, 3.63) is 0 Å². The minimum Gasteiger partial charge on any atom is -0.316 e. The van der Waals surface area contributed by atoms with Gasteiger partial charge < -0.3 is 10.2 Å². The molecule has 0 saturated carbocycles. The molecule has 0 saturated heterocycles. The Labute approximate surface area is 96.4 Å². The Morgan fingerprint density at radius 3 is 1.87 bits per heavy atom. The summed E-state index contributed by atoms with van der Waals surface area (Å²) in [4.78, 5) is 2.45. The van der Waals surface area contributed by atoms with Crippen molar-refractivity contribution < 1.29 is 0 Å². The largest absolute Gasteiger partial charge is 0.316 e. The molecule has 0 aliphatic heterocycles. The van der Waals surface area contributed by atoms with Gasteiger partial charge in [0.15, 0.2) is 0 Å². The summed E-state index contributed by atoms with van der Waals surface area (Å²) >= 11 is 0. The van der Waals surface area contributed by atoms with E-state index in [-0.39, 0.29) is 0 Å². The SMILES string of the molecule is CC(C)CNCC(C)C(C)N(C)C(C)C. The zero-order chi connectivity index (χ0) is 12.0. The van der Waals surface area contributed by atoms with Crippen molar-refractivity contribution in [1.82, 2.24) is 10.2 Å². The van der Waals surface area contributed by atoms with E-state index in [1.165, 1.54) is 0 Å². The number of rotatable bonds is 7. The first-order valence-corrected chi connectivity index (χ1v) is 6.28. The molecule has 0 aliphatic rings. The Bertz CT molecular complexity index is 155. The standard InChI is InChI=1S/C13H30N2/c1-10(2)8-14-9-12(5)13(6)15(7)11(3)4/h10-14H,8-9H2,1-7H3. The van der Waals surface area contributed by atoms with Crippen LogP contribution in [0.2, 0.25) is 0 Å². The molecular weight excluding hydrogens is 184 g/mol. The molecule has 92 valence electrons. The Morgan fingerprint density at radius 1 is 0.933 bits per heavy atom. The molecule has 2 heteroatoms. The Hall–Kier alpha value is -0.0800. The maximum atomic E-state index is 3.53. The molecule has 0 heterocycles. The first kappa shape index (κ1) is 14.9. The first-order valence-electron chi connectivity index (χ1n) is 6.28. The van der Waals surface area contributed by atoms with E-state index in [1.54, 1.807) is 0 Å². The van der Waals surface area contributed by atoms with Crippen LogP contribution >= 0.6 is 0 Å². The van der Waals surface area contributed by atoms with Crippen LogP contribution in [-0.2, 0) is 0 Å². The van der Waals surface area contributed by atoms with E-state index >= 15 is 0 Å². The number of nitrogens with one attached hydrogen (secondary N) is 1. The van der Waals surface area contributed by atoms with Gasteiger partial charge in [-0.15, -0.1) is 0 Å². The normalized spacial score (nSPS) is 16.4. The molecule has 0 radical (unpaired) electrons. The predicted molar refractivity (Wildman–Crippen MR) is 69.2 cm³/mol. The van der Waals surface area contributed by atoms with E-state index in [1.807, 2.05) is 0 Å². The molecule has 0 spiro atoms. The van der Waals surface area contributed by atoms with Crippen molar-refractivity contribution in [3.8, 4) is 0 Å². The molecule has 2 unspecified atom stereocenters. The molecule has 2 atom stereocenters. The van der Waals surface area contributed by atoms with E-state index in [2.05, 4.69) is 58.8 Å². The average molecular weight is 214 g/mol. The van der Waals surface area contributed by atoms with Gasteiger partial charge in [-0.1, -0.05) is 20.8 Å².